The molecule has 0 spiro atoms. The zero-order valence-corrected chi connectivity index (χ0v) is 11.5. The lowest BCUT2D eigenvalue weighted by Gasteiger charge is -2.09. The Morgan fingerprint density at radius 2 is 2.19 bits per heavy atom. The third-order valence-corrected chi connectivity index (χ3v) is 2.73. The van der Waals surface area contributed by atoms with E-state index in [1.807, 2.05) is 0 Å². The van der Waals surface area contributed by atoms with Gasteiger partial charge in [0.1, 0.15) is 11.4 Å². The molecule has 21 heavy (non-hydrogen) atoms. The molecule has 2 rings (SSSR count). The molecule has 1 aromatic heterocycles. The molecule has 0 radical (unpaired) electrons. The molecular formula is C13H14N4O4. The lowest BCUT2D eigenvalue weighted by atomic mass is 10.2. The van der Waals surface area contributed by atoms with Crippen LogP contribution in [0.1, 0.15) is 11.3 Å². The molecule has 0 unspecified atom stereocenters. The predicted molar refractivity (Wildman–Crippen MR) is 75.4 cm³/mol. The van der Waals surface area contributed by atoms with E-state index in [1.54, 1.807) is 31.3 Å². The van der Waals surface area contributed by atoms with Crippen LogP contribution in [-0.2, 0) is 6.61 Å². The van der Waals surface area contributed by atoms with Crippen molar-refractivity contribution in [2.75, 3.05) is 12.4 Å². The first kappa shape index (κ1) is 14.7. The molecule has 0 fully saturated rings. The molecule has 2 aromatic rings. The minimum Gasteiger partial charge on any atom is -0.434 e. The number of aliphatic hydroxyl groups is 1. The molecule has 2 N–H and O–H groups in total. The van der Waals surface area contributed by atoms with Crippen LogP contribution in [0.15, 0.2) is 24.3 Å². The maximum atomic E-state index is 11.1. The standard InChI is InChI=1S/C13H14N4O4/c1-8-11(17(19)20)12(16-13(14-2)15-8)21-10-5-3-4-9(6-10)7-18/h3-6,18H,7H2,1-2H3,(H,14,15,16). The van der Waals surface area contributed by atoms with Crippen LogP contribution >= 0.6 is 0 Å². The van der Waals surface area contributed by atoms with Crippen molar-refractivity contribution >= 4 is 11.6 Å². The van der Waals surface area contributed by atoms with Gasteiger partial charge in [0.2, 0.25) is 5.95 Å². The SMILES string of the molecule is CNc1nc(C)c([N+](=O)[O-])c(Oc2cccc(CO)c2)n1. The number of nitro groups is 1. The predicted octanol–water partition coefficient (Wildman–Crippen LogP) is 2.02. The molecule has 0 aliphatic rings. The van der Waals surface area contributed by atoms with Gasteiger partial charge in [-0.15, -0.1) is 0 Å². The fraction of sp³-hybridized carbons (Fsp3) is 0.231. The second kappa shape index (κ2) is 6.14. The van der Waals surface area contributed by atoms with E-state index in [0.717, 1.165) is 0 Å². The van der Waals surface area contributed by atoms with Crippen molar-refractivity contribution in [3.05, 3.63) is 45.6 Å². The van der Waals surface area contributed by atoms with Gasteiger partial charge < -0.3 is 15.2 Å². The molecule has 0 saturated carbocycles. The highest BCUT2D eigenvalue weighted by Crippen LogP contribution is 2.32. The van der Waals surface area contributed by atoms with Crippen LogP contribution in [0.4, 0.5) is 11.6 Å². The van der Waals surface area contributed by atoms with E-state index in [9.17, 15) is 10.1 Å². The normalized spacial score (nSPS) is 10.2. The van der Waals surface area contributed by atoms with Gasteiger partial charge in [-0.05, 0) is 24.6 Å². The van der Waals surface area contributed by atoms with E-state index in [0.29, 0.717) is 11.3 Å². The molecule has 1 aromatic carbocycles. The van der Waals surface area contributed by atoms with Crippen molar-refractivity contribution in [1.82, 2.24) is 9.97 Å². The molecule has 8 nitrogen and oxygen atoms in total. The van der Waals surface area contributed by atoms with Crippen LogP contribution in [0, 0.1) is 17.0 Å². The molecule has 0 aliphatic heterocycles. The van der Waals surface area contributed by atoms with Gasteiger partial charge in [0.15, 0.2) is 0 Å². The fourth-order valence-electron chi connectivity index (χ4n) is 1.75. The van der Waals surface area contributed by atoms with Crippen LogP contribution in [0.2, 0.25) is 0 Å². The Kier molecular flexibility index (Phi) is 4.29. The number of aliphatic hydroxyl groups excluding tert-OH is 1. The number of hydrogen-bond acceptors (Lipinski definition) is 7. The molecule has 8 heteroatoms. The molecular weight excluding hydrogens is 276 g/mol. The van der Waals surface area contributed by atoms with Crippen LogP contribution in [-0.4, -0.2) is 27.0 Å². The Balaban J connectivity index is 2.46. The summed E-state index contributed by atoms with van der Waals surface area (Å²) < 4.78 is 5.49. The van der Waals surface area contributed by atoms with Crippen LogP contribution < -0.4 is 10.1 Å². The first-order valence-electron chi connectivity index (χ1n) is 6.13. The van der Waals surface area contributed by atoms with Crippen LogP contribution in [0.25, 0.3) is 0 Å². The lowest BCUT2D eigenvalue weighted by molar-refractivity contribution is -0.386. The van der Waals surface area contributed by atoms with Crippen LogP contribution in [0.3, 0.4) is 0 Å². The summed E-state index contributed by atoms with van der Waals surface area (Å²) in [6.07, 6.45) is 0. The molecule has 0 bridgehead atoms. The van der Waals surface area contributed by atoms with Crippen LogP contribution in [0.5, 0.6) is 11.6 Å². The minimum atomic E-state index is -0.583. The van der Waals surface area contributed by atoms with Gasteiger partial charge in [-0.1, -0.05) is 12.1 Å². The summed E-state index contributed by atoms with van der Waals surface area (Å²) in [5.41, 5.74) is 0.547. The topological polar surface area (TPSA) is 110 Å². The molecule has 0 amide bonds. The number of rotatable bonds is 5. The Morgan fingerprint density at radius 3 is 2.81 bits per heavy atom. The number of hydrogen-bond donors (Lipinski definition) is 2. The van der Waals surface area contributed by atoms with Gasteiger partial charge in [0.05, 0.1) is 11.5 Å². The van der Waals surface area contributed by atoms with Gasteiger partial charge in [0.25, 0.3) is 0 Å². The summed E-state index contributed by atoms with van der Waals surface area (Å²) in [7, 11) is 1.61. The van der Waals surface area contributed by atoms with Crippen molar-refractivity contribution in [2.24, 2.45) is 0 Å². The van der Waals surface area contributed by atoms with Crippen molar-refractivity contribution < 1.29 is 14.8 Å². The third kappa shape index (κ3) is 3.23. The summed E-state index contributed by atoms with van der Waals surface area (Å²) in [6.45, 7) is 1.36. The molecule has 0 atom stereocenters. The largest absolute Gasteiger partial charge is 0.434 e. The van der Waals surface area contributed by atoms with Crippen molar-refractivity contribution in [3.63, 3.8) is 0 Å². The third-order valence-electron chi connectivity index (χ3n) is 2.73. The Hall–Kier alpha value is -2.74. The van der Waals surface area contributed by atoms with E-state index < -0.39 is 4.92 Å². The van der Waals surface area contributed by atoms with E-state index >= 15 is 0 Å². The minimum absolute atomic E-state index is 0.146. The van der Waals surface area contributed by atoms with Crippen molar-refractivity contribution in [2.45, 2.75) is 13.5 Å². The van der Waals surface area contributed by atoms with Gasteiger partial charge in [-0.25, -0.2) is 4.98 Å². The van der Waals surface area contributed by atoms with Crippen molar-refractivity contribution in [1.29, 1.82) is 0 Å². The van der Waals surface area contributed by atoms with Gasteiger partial charge in [0, 0.05) is 7.05 Å². The van der Waals surface area contributed by atoms with Gasteiger partial charge in [-0.3, -0.25) is 10.1 Å². The number of nitrogens with one attached hydrogen (secondary N) is 1. The summed E-state index contributed by atoms with van der Waals surface area (Å²) in [5.74, 6) is 0.433. The highest BCUT2D eigenvalue weighted by Gasteiger charge is 2.24. The average Bonchev–Trinajstić information content (AvgIpc) is 2.46. The molecule has 110 valence electrons. The van der Waals surface area contributed by atoms with E-state index in [2.05, 4.69) is 15.3 Å². The van der Waals surface area contributed by atoms with E-state index in [4.69, 9.17) is 9.84 Å². The fourth-order valence-corrected chi connectivity index (χ4v) is 1.75. The zero-order chi connectivity index (χ0) is 15.4. The Labute approximate surface area is 120 Å². The molecule has 1 heterocycles. The summed E-state index contributed by atoms with van der Waals surface area (Å²) >= 11 is 0. The first-order valence-corrected chi connectivity index (χ1v) is 6.13. The quantitative estimate of drug-likeness (QED) is 0.640. The average molecular weight is 290 g/mol. The van der Waals surface area contributed by atoms with Crippen molar-refractivity contribution in [3.8, 4) is 11.6 Å². The zero-order valence-electron chi connectivity index (χ0n) is 11.5. The number of ether oxygens (including phenoxy) is 1. The lowest BCUT2D eigenvalue weighted by Crippen LogP contribution is -2.05. The van der Waals surface area contributed by atoms with Gasteiger partial charge in [-0.2, -0.15) is 4.98 Å². The van der Waals surface area contributed by atoms with Gasteiger partial charge >= 0.3 is 11.6 Å². The smallest absolute Gasteiger partial charge is 0.352 e. The first-order chi connectivity index (χ1) is 10.0. The highest BCUT2D eigenvalue weighted by atomic mass is 16.6. The number of benzene rings is 1. The Morgan fingerprint density at radius 1 is 1.43 bits per heavy atom. The second-order valence-corrected chi connectivity index (χ2v) is 4.20. The number of anilines is 1. The monoisotopic (exact) mass is 290 g/mol. The number of aryl methyl sites for hydroxylation is 1. The summed E-state index contributed by atoms with van der Waals surface area (Å²) in [6, 6.07) is 6.60. The molecule has 0 aliphatic carbocycles. The summed E-state index contributed by atoms with van der Waals surface area (Å²) in [5, 5.41) is 23.0. The van der Waals surface area contributed by atoms with E-state index in [-0.39, 0.29) is 29.8 Å². The maximum absolute atomic E-state index is 11.1. The number of aromatic nitrogens is 2. The second-order valence-electron chi connectivity index (χ2n) is 4.20. The summed E-state index contributed by atoms with van der Waals surface area (Å²) in [4.78, 5) is 18.5. The molecule has 0 saturated heterocycles. The number of nitrogens with zero attached hydrogens (tertiary/aromatic N) is 3. The highest BCUT2D eigenvalue weighted by molar-refractivity contribution is 5.50. The van der Waals surface area contributed by atoms with E-state index in [1.165, 1.54) is 6.92 Å². The Bertz CT molecular complexity index is 675. The maximum Gasteiger partial charge on any atom is 0.352 e.